The number of thiocarbonyl (C=S) groups is 1. The molecule has 0 aliphatic rings. The maximum Gasteiger partial charge on any atom is 0.348 e. The number of rotatable bonds is 3. The minimum absolute atomic E-state index is 0.189. The zero-order chi connectivity index (χ0) is 17.8. The Morgan fingerprint density at radius 2 is 1.84 bits per heavy atom. The third-order valence-corrected chi connectivity index (χ3v) is 4.81. The molecule has 0 radical (unpaired) electrons. The summed E-state index contributed by atoms with van der Waals surface area (Å²) >= 11 is 6.53. The number of hydrogen-bond acceptors (Lipinski definition) is 5. The fourth-order valence-corrected chi connectivity index (χ4v) is 3.53. The molecule has 0 bridgehead atoms. The molecule has 1 heterocycles. The van der Waals surface area contributed by atoms with Gasteiger partial charge in [0, 0.05) is 5.56 Å². The second-order valence-corrected chi connectivity index (χ2v) is 6.56. The predicted molar refractivity (Wildman–Crippen MR) is 103 cm³/mol. The topological polar surface area (TPSA) is 67.4 Å². The van der Waals surface area contributed by atoms with Crippen molar-refractivity contribution in [3.63, 3.8) is 0 Å². The van der Waals surface area contributed by atoms with E-state index in [2.05, 4.69) is 10.6 Å². The number of methoxy groups -OCH3 is 1. The summed E-state index contributed by atoms with van der Waals surface area (Å²) in [6, 6.07) is 16.2. The van der Waals surface area contributed by atoms with Crippen LogP contribution in [0.4, 0.5) is 5.69 Å². The molecule has 0 saturated heterocycles. The molecule has 25 heavy (non-hydrogen) atoms. The van der Waals surface area contributed by atoms with Gasteiger partial charge in [-0.1, -0.05) is 30.3 Å². The molecule has 0 spiro atoms. The van der Waals surface area contributed by atoms with Gasteiger partial charge in [-0.2, -0.15) is 0 Å². The minimum atomic E-state index is -0.382. The van der Waals surface area contributed by atoms with E-state index >= 15 is 0 Å². The lowest BCUT2D eigenvalue weighted by Crippen LogP contribution is -2.34. The average Bonchev–Trinajstić information content (AvgIpc) is 3.07. The van der Waals surface area contributed by atoms with Crippen molar-refractivity contribution in [1.82, 2.24) is 5.32 Å². The highest BCUT2D eigenvalue weighted by molar-refractivity contribution is 7.80. The van der Waals surface area contributed by atoms with Crippen LogP contribution in [0.3, 0.4) is 0 Å². The highest BCUT2D eigenvalue weighted by Crippen LogP contribution is 2.32. The number of benzene rings is 2. The Kier molecular flexibility index (Phi) is 5.06. The summed E-state index contributed by atoms with van der Waals surface area (Å²) in [7, 11) is 1.35. The van der Waals surface area contributed by atoms with Crippen LogP contribution >= 0.6 is 23.6 Å². The lowest BCUT2D eigenvalue weighted by molar-refractivity contribution is 0.0606. The highest BCUT2D eigenvalue weighted by atomic mass is 32.1. The lowest BCUT2D eigenvalue weighted by atomic mass is 10.2. The van der Waals surface area contributed by atoms with Crippen LogP contribution < -0.4 is 10.6 Å². The summed E-state index contributed by atoms with van der Waals surface area (Å²) < 4.78 is 5.62. The van der Waals surface area contributed by atoms with Crippen LogP contribution in [0.5, 0.6) is 0 Å². The molecule has 3 aromatic rings. The molecule has 2 aromatic carbocycles. The first-order chi connectivity index (χ1) is 12.1. The van der Waals surface area contributed by atoms with Crippen molar-refractivity contribution in [2.75, 3.05) is 12.4 Å². The standard InChI is InChI=1S/C18H14N2O3S2/c1-23-17(22)14-10-12-8-5-9-13(15(12)25-14)19-18(24)20-16(21)11-6-3-2-4-7-11/h2-10H,1H3,(H2,19,20,21,24). The third kappa shape index (κ3) is 3.84. The molecule has 1 aromatic heterocycles. The van der Waals surface area contributed by atoms with Gasteiger partial charge in [-0.05, 0) is 41.9 Å². The van der Waals surface area contributed by atoms with Gasteiger partial charge in [-0.25, -0.2) is 4.79 Å². The number of amides is 1. The van der Waals surface area contributed by atoms with Crippen molar-refractivity contribution >= 4 is 56.3 Å². The molecule has 1 amide bonds. The molecule has 0 fully saturated rings. The second-order valence-electron chi connectivity index (χ2n) is 5.10. The predicted octanol–water partition coefficient (Wildman–Crippen LogP) is 3.81. The number of carbonyl (C=O) groups is 2. The van der Waals surface area contributed by atoms with Crippen LogP contribution in [0, 0.1) is 0 Å². The van der Waals surface area contributed by atoms with Crippen molar-refractivity contribution in [1.29, 1.82) is 0 Å². The van der Waals surface area contributed by atoms with E-state index in [1.165, 1.54) is 18.4 Å². The average molecular weight is 370 g/mol. The van der Waals surface area contributed by atoms with Crippen molar-refractivity contribution in [2.45, 2.75) is 0 Å². The number of nitrogens with one attached hydrogen (secondary N) is 2. The zero-order valence-corrected chi connectivity index (χ0v) is 14.9. The summed E-state index contributed by atoms with van der Waals surface area (Å²) in [5, 5.41) is 6.74. The first kappa shape index (κ1) is 17.1. The Morgan fingerprint density at radius 3 is 2.56 bits per heavy atom. The number of thiophene rings is 1. The molecule has 126 valence electrons. The van der Waals surface area contributed by atoms with Crippen molar-refractivity contribution in [2.24, 2.45) is 0 Å². The monoisotopic (exact) mass is 370 g/mol. The Bertz CT molecular complexity index is 951. The largest absolute Gasteiger partial charge is 0.465 e. The molecule has 0 atom stereocenters. The van der Waals surface area contributed by atoms with Gasteiger partial charge in [0.05, 0.1) is 17.5 Å². The zero-order valence-electron chi connectivity index (χ0n) is 13.2. The molecule has 0 aliphatic carbocycles. The van der Waals surface area contributed by atoms with Crippen molar-refractivity contribution in [3.8, 4) is 0 Å². The second kappa shape index (κ2) is 7.42. The van der Waals surface area contributed by atoms with E-state index in [1.807, 2.05) is 24.3 Å². The minimum Gasteiger partial charge on any atom is -0.465 e. The summed E-state index contributed by atoms with van der Waals surface area (Å²) in [5.41, 5.74) is 1.24. The van der Waals surface area contributed by atoms with E-state index in [9.17, 15) is 9.59 Å². The number of esters is 1. The number of hydrogen-bond donors (Lipinski definition) is 2. The summed E-state index contributed by atoms with van der Waals surface area (Å²) in [5.74, 6) is -0.668. The molecular weight excluding hydrogens is 356 g/mol. The molecular formula is C18H14N2O3S2. The number of ether oxygens (including phenoxy) is 1. The van der Waals surface area contributed by atoms with E-state index in [-0.39, 0.29) is 17.0 Å². The number of anilines is 1. The number of fused-ring (bicyclic) bond motifs is 1. The lowest BCUT2D eigenvalue weighted by Gasteiger charge is -2.10. The summed E-state index contributed by atoms with van der Waals surface area (Å²) in [4.78, 5) is 24.4. The quantitative estimate of drug-likeness (QED) is 0.542. The molecule has 0 saturated carbocycles. The first-order valence-corrected chi connectivity index (χ1v) is 8.59. The highest BCUT2D eigenvalue weighted by Gasteiger charge is 2.14. The van der Waals surface area contributed by atoms with E-state index in [0.29, 0.717) is 10.4 Å². The Labute approximate surface area is 153 Å². The molecule has 0 unspecified atom stereocenters. The molecule has 5 nitrogen and oxygen atoms in total. The van der Waals surface area contributed by atoms with Crippen LogP contribution in [-0.4, -0.2) is 24.1 Å². The maximum atomic E-state index is 12.1. The van der Waals surface area contributed by atoms with Gasteiger partial charge in [0.25, 0.3) is 5.91 Å². The SMILES string of the molecule is COC(=O)c1cc2cccc(NC(=S)NC(=O)c3ccccc3)c2s1. The van der Waals surface area contributed by atoms with Gasteiger partial charge in [-0.3, -0.25) is 10.1 Å². The molecule has 3 rings (SSSR count). The van der Waals surface area contributed by atoms with Gasteiger partial charge in [-0.15, -0.1) is 11.3 Å². The van der Waals surface area contributed by atoms with E-state index in [1.54, 1.807) is 30.3 Å². The number of carbonyl (C=O) groups excluding carboxylic acids is 2. The van der Waals surface area contributed by atoms with Gasteiger partial charge in [0.1, 0.15) is 4.88 Å². The van der Waals surface area contributed by atoms with Crippen LogP contribution in [0.2, 0.25) is 0 Å². The van der Waals surface area contributed by atoms with Gasteiger partial charge in [0.2, 0.25) is 0 Å². The normalized spacial score (nSPS) is 10.3. The fourth-order valence-electron chi connectivity index (χ4n) is 2.28. The van der Waals surface area contributed by atoms with Crippen LogP contribution in [0.1, 0.15) is 20.0 Å². The first-order valence-electron chi connectivity index (χ1n) is 7.37. The molecule has 0 aliphatic heterocycles. The van der Waals surface area contributed by atoms with E-state index < -0.39 is 0 Å². The van der Waals surface area contributed by atoms with Crippen molar-refractivity contribution in [3.05, 3.63) is 65.0 Å². The fraction of sp³-hybridized carbons (Fsp3) is 0.0556. The van der Waals surface area contributed by atoms with Crippen LogP contribution in [0.25, 0.3) is 10.1 Å². The Hall–Kier alpha value is -2.77. The van der Waals surface area contributed by atoms with Crippen LogP contribution in [0.15, 0.2) is 54.6 Å². The summed E-state index contributed by atoms with van der Waals surface area (Å²) in [6.07, 6.45) is 0. The third-order valence-electron chi connectivity index (χ3n) is 3.44. The smallest absolute Gasteiger partial charge is 0.348 e. The molecule has 7 heteroatoms. The maximum absolute atomic E-state index is 12.1. The van der Waals surface area contributed by atoms with Gasteiger partial charge >= 0.3 is 5.97 Å². The van der Waals surface area contributed by atoms with Crippen molar-refractivity contribution < 1.29 is 14.3 Å². The Morgan fingerprint density at radius 1 is 1.08 bits per heavy atom. The van der Waals surface area contributed by atoms with E-state index in [4.69, 9.17) is 17.0 Å². The summed E-state index contributed by atoms with van der Waals surface area (Å²) in [6.45, 7) is 0. The molecule has 2 N–H and O–H groups in total. The Balaban J connectivity index is 1.78. The van der Waals surface area contributed by atoms with Gasteiger partial charge < -0.3 is 10.1 Å². The van der Waals surface area contributed by atoms with E-state index in [0.717, 1.165) is 15.8 Å². The van der Waals surface area contributed by atoms with Crippen LogP contribution in [-0.2, 0) is 4.74 Å². The van der Waals surface area contributed by atoms with Gasteiger partial charge in [0.15, 0.2) is 5.11 Å².